The summed E-state index contributed by atoms with van der Waals surface area (Å²) >= 11 is 0. The zero-order valence-electron chi connectivity index (χ0n) is 16.8. The Kier molecular flexibility index (Phi) is 4.18. The average molecular weight is 403 g/mol. The Hall–Kier alpha value is -3.51. The van der Waals surface area contributed by atoms with Crippen molar-refractivity contribution >= 4 is 22.2 Å². The summed E-state index contributed by atoms with van der Waals surface area (Å²) in [4.78, 5) is 26.9. The molecule has 0 unspecified atom stereocenters. The maximum absolute atomic E-state index is 13.1. The average Bonchev–Trinajstić information content (AvgIpc) is 3.27. The molecule has 3 heterocycles. The van der Waals surface area contributed by atoms with Gasteiger partial charge in [0.25, 0.3) is 0 Å². The van der Waals surface area contributed by atoms with Crippen LogP contribution in [0.1, 0.15) is 43.0 Å². The molecule has 9 nitrogen and oxygen atoms in total. The molecular weight excluding hydrogens is 382 g/mol. The maximum Gasteiger partial charge on any atom is 0.330 e. The Morgan fingerprint density at radius 1 is 1.20 bits per heavy atom. The van der Waals surface area contributed by atoms with Crippen LogP contribution in [0.4, 0.5) is 0 Å². The van der Waals surface area contributed by atoms with Gasteiger partial charge in [-0.3, -0.25) is 13.7 Å². The van der Waals surface area contributed by atoms with Crippen LogP contribution in [-0.2, 0) is 7.05 Å². The monoisotopic (exact) mass is 403 g/mol. The number of hydrogen-bond donors (Lipinski definition) is 1. The molecule has 0 aliphatic heterocycles. The number of aliphatic hydroxyl groups excluding tert-OH is 1. The number of aromatic nitrogens is 6. The zero-order valence-corrected chi connectivity index (χ0v) is 16.8. The standard InChI is InChI=1S/C21H21N7O2/c1-12-18-19(28(21(30)26(18)2)14-4-6-15(29)7-5-14)25-20(24-12)27-11-23-16-8-3-13(10-22)9-17(16)27/h3,8-9,11,14-15,29H,4-7H2,1-2H3. The summed E-state index contributed by atoms with van der Waals surface area (Å²) in [7, 11) is 1.74. The molecule has 0 bridgehead atoms. The second-order valence-electron chi connectivity index (χ2n) is 7.89. The molecule has 5 rings (SSSR count). The van der Waals surface area contributed by atoms with Crippen molar-refractivity contribution < 1.29 is 5.11 Å². The number of aliphatic hydroxyl groups is 1. The van der Waals surface area contributed by atoms with Crippen LogP contribution < -0.4 is 5.69 Å². The first-order chi connectivity index (χ1) is 14.5. The van der Waals surface area contributed by atoms with Crippen molar-refractivity contribution in [1.29, 1.82) is 5.26 Å². The minimum Gasteiger partial charge on any atom is -0.393 e. The van der Waals surface area contributed by atoms with Crippen LogP contribution in [0.3, 0.4) is 0 Å². The second kappa shape index (κ2) is 6.78. The molecule has 0 radical (unpaired) electrons. The largest absolute Gasteiger partial charge is 0.393 e. The third-order valence-corrected chi connectivity index (χ3v) is 6.01. The van der Waals surface area contributed by atoms with E-state index >= 15 is 0 Å². The van der Waals surface area contributed by atoms with E-state index < -0.39 is 0 Å². The smallest absolute Gasteiger partial charge is 0.330 e. The summed E-state index contributed by atoms with van der Waals surface area (Å²) in [6.07, 6.45) is 4.15. The lowest BCUT2D eigenvalue weighted by atomic mass is 9.93. The number of nitriles is 1. The molecule has 0 spiro atoms. The number of hydrogen-bond acceptors (Lipinski definition) is 6. The van der Waals surface area contributed by atoms with E-state index in [0.717, 1.165) is 23.9 Å². The van der Waals surface area contributed by atoms with Gasteiger partial charge in [-0.05, 0) is 50.8 Å². The number of benzene rings is 1. The molecule has 4 aromatic rings. The van der Waals surface area contributed by atoms with Gasteiger partial charge in [0.15, 0.2) is 5.65 Å². The molecule has 1 fully saturated rings. The van der Waals surface area contributed by atoms with Crippen LogP contribution in [0.25, 0.3) is 28.1 Å². The van der Waals surface area contributed by atoms with E-state index in [0.29, 0.717) is 41.2 Å². The highest BCUT2D eigenvalue weighted by atomic mass is 16.3. The number of fused-ring (bicyclic) bond motifs is 2. The Balaban J connectivity index is 1.73. The van der Waals surface area contributed by atoms with Crippen LogP contribution in [-0.4, -0.2) is 39.9 Å². The third kappa shape index (κ3) is 2.72. The fraction of sp³-hybridized carbons (Fsp3) is 0.381. The predicted molar refractivity (Wildman–Crippen MR) is 110 cm³/mol. The minimum absolute atomic E-state index is 0.00327. The van der Waals surface area contributed by atoms with E-state index in [1.807, 2.05) is 6.92 Å². The molecular formula is C21H21N7O2. The van der Waals surface area contributed by atoms with Crippen molar-refractivity contribution in [2.75, 3.05) is 0 Å². The Morgan fingerprint density at radius 2 is 1.97 bits per heavy atom. The van der Waals surface area contributed by atoms with Crippen molar-refractivity contribution in [2.45, 2.75) is 44.8 Å². The molecule has 0 saturated heterocycles. The van der Waals surface area contributed by atoms with Gasteiger partial charge in [0.2, 0.25) is 5.95 Å². The van der Waals surface area contributed by atoms with Gasteiger partial charge in [0.05, 0.1) is 34.5 Å². The number of nitrogens with zero attached hydrogens (tertiary/aromatic N) is 7. The normalized spacial score (nSPS) is 19.4. The van der Waals surface area contributed by atoms with Crippen molar-refractivity contribution in [3.63, 3.8) is 0 Å². The first kappa shape index (κ1) is 18.5. The lowest BCUT2D eigenvalue weighted by molar-refractivity contribution is 0.110. The SMILES string of the molecule is Cc1nc(-n2cnc3ccc(C#N)cc32)nc2c1n(C)c(=O)n2C1CCC(O)CC1. The lowest BCUT2D eigenvalue weighted by Gasteiger charge is -2.26. The van der Waals surface area contributed by atoms with Gasteiger partial charge in [-0.1, -0.05) is 0 Å². The fourth-order valence-corrected chi connectivity index (χ4v) is 4.44. The molecule has 9 heteroatoms. The van der Waals surface area contributed by atoms with E-state index in [1.54, 1.807) is 45.3 Å². The molecule has 3 aromatic heterocycles. The highest BCUT2D eigenvalue weighted by Gasteiger charge is 2.27. The Bertz CT molecular complexity index is 1380. The highest BCUT2D eigenvalue weighted by molar-refractivity contribution is 5.79. The van der Waals surface area contributed by atoms with Crippen molar-refractivity contribution in [1.82, 2.24) is 28.7 Å². The predicted octanol–water partition coefficient (Wildman–Crippen LogP) is 2.12. The topological polar surface area (TPSA) is 115 Å². The number of rotatable bonds is 2. The quantitative estimate of drug-likeness (QED) is 0.548. The van der Waals surface area contributed by atoms with E-state index in [1.165, 1.54) is 0 Å². The molecule has 30 heavy (non-hydrogen) atoms. The van der Waals surface area contributed by atoms with Gasteiger partial charge in [-0.25, -0.2) is 14.8 Å². The first-order valence-corrected chi connectivity index (χ1v) is 9.99. The minimum atomic E-state index is -0.300. The lowest BCUT2D eigenvalue weighted by Crippen LogP contribution is -2.30. The van der Waals surface area contributed by atoms with Crippen LogP contribution in [0, 0.1) is 18.3 Å². The number of aryl methyl sites for hydroxylation is 2. The van der Waals surface area contributed by atoms with Gasteiger partial charge in [0.1, 0.15) is 11.8 Å². The number of imidazole rings is 2. The second-order valence-corrected chi connectivity index (χ2v) is 7.89. The summed E-state index contributed by atoms with van der Waals surface area (Å²) in [6, 6.07) is 7.41. The van der Waals surface area contributed by atoms with Gasteiger partial charge in [-0.15, -0.1) is 0 Å². The van der Waals surface area contributed by atoms with Crippen LogP contribution in [0.5, 0.6) is 0 Å². The van der Waals surface area contributed by atoms with E-state index in [-0.39, 0.29) is 17.8 Å². The Morgan fingerprint density at radius 3 is 2.70 bits per heavy atom. The highest BCUT2D eigenvalue weighted by Crippen LogP contribution is 2.30. The van der Waals surface area contributed by atoms with E-state index in [2.05, 4.69) is 16.0 Å². The fourth-order valence-electron chi connectivity index (χ4n) is 4.44. The van der Waals surface area contributed by atoms with Gasteiger partial charge in [-0.2, -0.15) is 10.2 Å². The summed E-state index contributed by atoms with van der Waals surface area (Å²) < 4.78 is 5.09. The van der Waals surface area contributed by atoms with Crippen LogP contribution in [0.15, 0.2) is 29.3 Å². The van der Waals surface area contributed by atoms with Gasteiger partial charge in [0, 0.05) is 13.1 Å². The zero-order chi connectivity index (χ0) is 21.0. The summed E-state index contributed by atoms with van der Waals surface area (Å²) in [5, 5.41) is 19.1. The Labute approximate surface area is 171 Å². The summed E-state index contributed by atoms with van der Waals surface area (Å²) in [6.45, 7) is 1.86. The van der Waals surface area contributed by atoms with Gasteiger partial charge < -0.3 is 5.11 Å². The molecule has 1 aromatic carbocycles. The van der Waals surface area contributed by atoms with Crippen molar-refractivity contribution in [3.05, 3.63) is 46.3 Å². The molecule has 1 aliphatic carbocycles. The van der Waals surface area contributed by atoms with E-state index in [4.69, 9.17) is 4.98 Å². The summed E-state index contributed by atoms with van der Waals surface area (Å²) in [5.41, 5.74) is 3.87. The molecule has 1 aliphatic rings. The summed E-state index contributed by atoms with van der Waals surface area (Å²) in [5.74, 6) is 0.410. The van der Waals surface area contributed by atoms with Gasteiger partial charge >= 0.3 is 5.69 Å². The third-order valence-electron chi connectivity index (χ3n) is 6.01. The molecule has 0 amide bonds. The van der Waals surface area contributed by atoms with Crippen LogP contribution >= 0.6 is 0 Å². The maximum atomic E-state index is 13.1. The molecule has 0 atom stereocenters. The first-order valence-electron chi connectivity index (χ1n) is 9.99. The van der Waals surface area contributed by atoms with Crippen molar-refractivity contribution in [2.24, 2.45) is 7.05 Å². The molecule has 1 saturated carbocycles. The molecule has 1 N–H and O–H groups in total. The van der Waals surface area contributed by atoms with E-state index in [9.17, 15) is 15.2 Å². The van der Waals surface area contributed by atoms with Crippen molar-refractivity contribution in [3.8, 4) is 12.0 Å². The molecule has 152 valence electrons. The van der Waals surface area contributed by atoms with Crippen LogP contribution in [0.2, 0.25) is 0 Å².